The molecule has 0 atom stereocenters. The SMILES string of the molecule is CCOc1ccc(C(C)(C)OC(N)=O)cc1OCC. The summed E-state index contributed by atoms with van der Waals surface area (Å²) in [4.78, 5) is 10.9. The molecule has 0 fully saturated rings. The summed E-state index contributed by atoms with van der Waals surface area (Å²) in [7, 11) is 0. The molecule has 0 bridgehead atoms. The van der Waals surface area contributed by atoms with Crippen LogP contribution in [0.1, 0.15) is 33.3 Å². The lowest BCUT2D eigenvalue weighted by Crippen LogP contribution is -2.28. The smallest absolute Gasteiger partial charge is 0.405 e. The summed E-state index contributed by atoms with van der Waals surface area (Å²) in [5.74, 6) is 1.30. The maximum atomic E-state index is 10.9. The van der Waals surface area contributed by atoms with Gasteiger partial charge in [0.2, 0.25) is 0 Å². The van der Waals surface area contributed by atoms with Crippen LogP contribution in [0.4, 0.5) is 4.79 Å². The van der Waals surface area contributed by atoms with Gasteiger partial charge in [-0.3, -0.25) is 0 Å². The number of hydrogen-bond donors (Lipinski definition) is 1. The summed E-state index contributed by atoms with van der Waals surface area (Å²) in [5, 5.41) is 0. The van der Waals surface area contributed by atoms with E-state index in [1.54, 1.807) is 26.0 Å². The van der Waals surface area contributed by atoms with Crippen LogP contribution in [-0.4, -0.2) is 19.3 Å². The maximum Gasteiger partial charge on any atom is 0.405 e. The molecule has 0 heterocycles. The number of ether oxygens (including phenoxy) is 3. The summed E-state index contributed by atoms with van der Waals surface area (Å²) < 4.78 is 16.1. The fraction of sp³-hybridized carbons (Fsp3) is 0.500. The van der Waals surface area contributed by atoms with Gasteiger partial charge < -0.3 is 19.9 Å². The second-order valence-corrected chi connectivity index (χ2v) is 4.46. The van der Waals surface area contributed by atoms with Crippen LogP contribution in [0, 0.1) is 0 Å². The Kier molecular flexibility index (Phi) is 5.03. The maximum absolute atomic E-state index is 10.9. The minimum absolute atomic E-state index is 0.528. The number of carbonyl (C=O) groups excluding carboxylic acids is 1. The third-order valence-electron chi connectivity index (χ3n) is 2.59. The second kappa shape index (κ2) is 6.31. The van der Waals surface area contributed by atoms with Crippen molar-refractivity contribution < 1.29 is 19.0 Å². The number of benzene rings is 1. The Bertz CT molecular complexity index is 443. The van der Waals surface area contributed by atoms with Gasteiger partial charge in [-0.05, 0) is 45.4 Å². The lowest BCUT2D eigenvalue weighted by Gasteiger charge is -2.25. The molecule has 5 nitrogen and oxygen atoms in total. The fourth-order valence-corrected chi connectivity index (χ4v) is 1.74. The van der Waals surface area contributed by atoms with E-state index in [2.05, 4.69) is 0 Å². The zero-order valence-corrected chi connectivity index (χ0v) is 11.9. The van der Waals surface area contributed by atoms with Crippen LogP contribution in [0.3, 0.4) is 0 Å². The molecular formula is C14H21NO4. The molecule has 0 unspecified atom stereocenters. The summed E-state index contributed by atoms with van der Waals surface area (Å²) in [6.07, 6.45) is -0.808. The molecule has 0 aliphatic heterocycles. The Morgan fingerprint density at radius 1 is 1.16 bits per heavy atom. The van der Waals surface area contributed by atoms with Crippen molar-refractivity contribution in [2.45, 2.75) is 33.3 Å². The van der Waals surface area contributed by atoms with Gasteiger partial charge in [-0.25, -0.2) is 4.79 Å². The van der Waals surface area contributed by atoms with Crippen molar-refractivity contribution in [2.75, 3.05) is 13.2 Å². The first-order valence-electron chi connectivity index (χ1n) is 6.29. The Balaban J connectivity index is 3.09. The third-order valence-corrected chi connectivity index (χ3v) is 2.59. The van der Waals surface area contributed by atoms with Gasteiger partial charge in [0.1, 0.15) is 5.60 Å². The highest BCUT2D eigenvalue weighted by molar-refractivity contribution is 5.65. The molecule has 0 spiro atoms. The molecule has 1 aromatic rings. The van der Waals surface area contributed by atoms with Crippen molar-refractivity contribution in [2.24, 2.45) is 5.73 Å². The molecule has 0 aliphatic carbocycles. The normalized spacial score (nSPS) is 10.9. The van der Waals surface area contributed by atoms with Crippen molar-refractivity contribution in [1.29, 1.82) is 0 Å². The average molecular weight is 267 g/mol. The van der Waals surface area contributed by atoms with Crippen LogP contribution in [0.5, 0.6) is 11.5 Å². The highest BCUT2D eigenvalue weighted by atomic mass is 16.6. The van der Waals surface area contributed by atoms with Crippen molar-refractivity contribution in [3.8, 4) is 11.5 Å². The molecule has 1 amide bonds. The number of primary amides is 1. The monoisotopic (exact) mass is 267 g/mol. The molecule has 0 saturated heterocycles. The number of amides is 1. The van der Waals surface area contributed by atoms with E-state index in [4.69, 9.17) is 19.9 Å². The Morgan fingerprint density at radius 3 is 2.26 bits per heavy atom. The predicted octanol–water partition coefficient (Wildman–Crippen LogP) is 2.81. The summed E-state index contributed by atoms with van der Waals surface area (Å²) >= 11 is 0. The molecule has 2 N–H and O–H groups in total. The molecular weight excluding hydrogens is 246 g/mol. The minimum atomic E-state index is -0.817. The van der Waals surface area contributed by atoms with Crippen LogP contribution in [0.15, 0.2) is 18.2 Å². The highest BCUT2D eigenvalue weighted by Gasteiger charge is 2.25. The molecule has 0 radical (unpaired) electrons. The van der Waals surface area contributed by atoms with E-state index < -0.39 is 11.7 Å². The predicted molar refractivity (Wildman–Crippen MR) is 72.5 cm³/mol. The standard InChI is InChI=1S/C14H21NO4/c1-5-17-11-8-7-10(9-12(11)18-6-2)14(3,4)19-13(15)16/h7-9H,5-6H2,1-4H3,(H2,15,16). The average Bonchev–Trinajstić information content (AvgIpc) is 2.30. The van der Waals surface area contributed by atoms with Gasteiger partial charge in [0.05, 0.1) is 13.2 Å². The Hall–Kier alpha value is -1.91. The quantitative estimate of drug-likeness (QED) is 0.860. The van der Waals surface area contributed by atoms with Gasteiger partial charge in [-0.15, -0.1) is 0 Å². The van der Waals surface area contributed by atoms with E-state index >= 15 is 0 Å². The zero-order valence-electron chi connectivity index (χ0n) is 11.9. The summed E-state index contributed by atoms with van der Waals surface area (Å²) in [5.41, 5.74) is 5.05. The van der Waals surface area contributed by atoms with Crippen molar-refractivity contribution in [3.63, 3.8) is 0 Å². The van der Waals surface area contributed by atoms with Gasteiger partial charge in [0.15, 0.2) is 11.5 Å². The molecule has 5 heteroatoms. The first-order chi connectivity index (χ1) is 8.90. The van der Waals surface area contributed by atoms with Gasteiger partial charge in [-0.1, -0.05) is 6.07 Å². The molecule has 0 saturated carbocycles. The third kappa shape index (κ3) is 4.05. The molecule has 0 aliphatic rings. The Labute approximate surface area is 113 Å². The summed E-state index contributed by atoms with van der Waals surface area (Å²) in [6, 6.07) is 5.43. The van der Waals surface area contributed by atoms with Crippen molar-refractivity contribution in [3.05, 3.63) is 23.8 Å². The number of hydrogen-bond acceptors (Lipinski definition) is 4. The van der Waals surface area contributed by atoms with Crippen LogP contribution in [0.2, 0.25) is 0 Å². The molecule has 0 aromatic heterocycles. The largest absolute Gasteiger partial charge is 0.490 e. The van der Waals surface area contributed by atoms with E-state index in [0.29, 0.717) is 24.7 Å². The van der Waals surface area contributed by atoms with Gasteiger partial charge in [0, 0.05) is 0 Å². The number of nitrogens with two attached hydrogens (primary N) is 1. The number of rotatable bonds is 6. The van der Waals surface area contributed by atoms with Crippen molar-refractivity contribution >= 4 is 6.09 Å². The van der Waals surface area contributed by atoms with E-state index in [9.17, 15) is 4.79 Å². The lowest BCUT2D eigenvalue weighted by atomic mass is 9.97. The molecule has 1 aromatic carbocycles. The molecule has 19 heavy (non-hydrogen) atoms. The topological polar surface area (TPSA) is 70.8 Å². The van der Waals surface area contributed by atoms with Gasteiger partial charge >= 0.3 is 6.09 Å². The molecule has 1 rings (SSSR count). The van der Waals surface area contributed by atoms with Gasteiger partial charge in [0.25, 0.3) is 0 Å². The first kappa shape index (κ1) is 15.1. The van der Waals surface area contributed by atoms with E-state index in [1.165, 1.54) is 0 Å². The van der Waals surface area contributed by atoms with Gasteiger partial charge in [-0.2, -0.15) is 0 Å². The number of carbonyl (C=O) groups is 1. The first-order valence-corrected chi connectivity index (χ1v) is 6.29. The van der Waals surface area contributed by atoms with Crippen molar-refractivity contribution in [1.82, 2.24) is 0 Å². The Morgan fingerprint density at radius 2 is 1.74 bits per heavy atom. The van der Waals surface area contributed by atoms with Crippen LogP contribution < -0.4 is 15.2 Å². The van der Waals surface area contributed by atoms with Crippen LogP contribution in [-0.2, 0) is 10.3 Å². The summed E-state index contributed by atoms with van der Waals surface area (Å²) in [6.45, 7) is 8.42. The molecule has 106 valence electrons. The van der Waals surface area contributed by atoms with Crippen LogP contribution >= 0.6 is 0 Å². The second-order valence-electron chi connectivity index (χ2n) is 4.46. The van der Waals surface area contributed by atoms with Crippen LogP contribution in [0.25, 0.3) is 0 Å². The van der Waals surface area contributed by atoms with E-state index in [1.807, 2.05) is 19.9 Å². The zero-order chi connectivity index (χ0) is 14.5. The van der Waals surface area contributed by atoms with E-state index in [0.717, 1.165) is 5.56 Å². The highest BCUT2D eigenvalue weighted by Crippen LogP contribution is 2.34. The lowest BCUT2D eigenvalue weighted by molar-refractivity contribution is 0.0430. The minimum Gasteiger partial charge on any atom is -0.490 e. The fourth-order valence-electron chi connectivity index (χ4n) is 1.74. The van der Waals surface area contributed by atoms with E-state index in [-0.39, 0.29) is 0 Å².